The summed E-state index contributed by atoms with van der Waals surface area (Å²) in [4.78, 5) is 24.5. The van der Waals surface area contributed by atoms with E-state index < -0.39 is 11.9 Å². The summed E-state index contributed by atoms with van der Waals surface area (Å²) in [6.07, 6.45) is 0.00109. The van der Waals surface area contributed by atoms with Crippen molar-refractivity contribution in [1.29, 1.82) is 5.26 Å². The van der Waals surface area contributed by atoms with Gasteiger partial charge in [0.05, 0.1) is 25.7 Å². The van der Waals surface area contributed by atoms with E-state index in [-0.39, 0.29) is 40.6 Å². The van der Waals surface area contributed by atoms with Crippen molar-refractivity contribution < 1.29 is 23.8 Å². The van der Waals surface area contributed by atoms with Crippen molar-refractivity contribution in [1.82, 2.24) is 0 Å². The molecule has 27 heavy (non-hydrogen) atoms. The molecule has 0 aliphatic rings. The number of aryl methyl sites for hydroxylation is 1. The first-order valence-corrected chi connectivity index (χ1v) is 9.00. The van der Waals surface area contributed by atoms with Crippen LogP contribution in [-0.4, -0.2) is 25.7 Å². The van der Waals surface area contributed by atoms with Crippen molar-refractivity contribution in [3.8, 4) is 11.8 Å². The number of methoxy groups -OCH3 is 1. The minimum atomic E-state index is -0.595. The lowest BCUT2D eigenvalue weighted by molar-refractivity contribution is -0.144. The molecule has 0 unspecified atom stereocenters. The number of esters is 2. The van der Waals surface area contributed by atoms with Crippen LogP contribution in [0.25, 0.3) is 0 Å². The summed E-state index contributed by atoms with van der Waals surface area (Å²) in [5.41, 5.74) is 7.88. The van der Waals surface area contributed by atoms with Gasteiger partial charge in [0.1, 0.15) is 28.3 Å². The van der Waals surface area contributed by atoms with Crippen LogP contribution in [0, 0.1) is 18.3 Å². The zero-order chi connectivity index (χ0) is 20.0. The number of rotatable bonds is 7. The number of hydrogen-bond donors (Lipinski definition) is 1. The molecule has 0 spiro atoms. The highest BCUT2D eigenvalue weighted by atomic mass is 32.1. The van der Waals surface area contributed by atoms with E-state index in [2.05, 4.69) is 0 Å². The molecule has 0 aliphatic carbocycles. The highest BCUT2D eigenvalue weighted by Gasteiger charge is 2.24. The van der Waals surface area contributed by atoms with Gasteiger partial charge in [-0.25, -0.2) is 4.79 Å². The number of nitriles is 1. The lowest BCUT2D eigenvalue weighted by atomic mass is 10.1. The van der Waals surface area contributed by atoms with Gasteiger partial charge in [0.15, 0.2) is 0 Å². The van der Waals surface area contributed by atoms with E-state index >= 15 is 0 Å². The average molecular weight is 388 g/mol. The van der Waals surface area contributed by atoms with E-state index in [0.29, 0.717) is 11.3 Å². The summed E-state index contributed by atoms with van der Waals surface area (Å²) in [5, 5.41) is 9.48. The van der Waals surface area contributed by atoms with Gasteiger partial charge in [0.25, 0.3) is 0 Å². The maximum atomic E-state index is 12.3. The fraction of sp³-hybridized carbons (Fsp3) is 0.316. The minimum absolute atomic E-state index is 0.00109. The molecule has 0 amide bonds. The van der Waals surface area contributed by atoms with Crippen LogP contribution < -0.4 is 10.5 Å². The molecule has 1 aromatic carbocycles. The molecule has 1 aromatic heterocycles. The lowest BCUT2D eigenvalue weighted by Gasteiger charge is -2.10. The third-order valence-corrected chi connectivity index (χ3v) is 4.80. The third-order valence-electron chi connectivity index (χ3n) is 3.76. The van der Waals surface area contributed by atoms with Crippen molar-refractivity contribution >= 4 is 28.3 Å². The molecule has 1 heterocycles. The summed E-state index contributed by atoms with van der Waals surface area (Å²) in [5.74, 6) is -0.522. The Morgan fingerprint density at radius 1 is 1.30 bits per heavy atom. The quantitative estimate of drug-likeness (QED) is 0.726. The smallest absolute Gasteiger partial charge is 0.348 e. The summed E-state index contributed by atoms with van der Waals surface area (Å²) in [6.45, 7) is 3.53. The van der Waals surface area contributed by atoms with Gasteiger partial charge in [0.2, 0.25) is 0 Å². The van der Waals surface area contributed by atoms with Gasteiger partial charge in [0, 0.05) is 11.1 Å². The maximum Gasteiger partial charge on any atom is 0.348 e. The second-order valence-corrected chi connectivity index (χ2v) is 6.69. The standard InChI is InChI=1S/C19H20N2O5S/c1-4-25-19(23)17-14(13(9-20)18(21)27-17)10-26-16(22)8-12-7-11(2)5-6-15(12)24-3/h5-7H,4,8,10,21H2,1-3H3. The predicted octanol–water partition coefficient (Wildman–Crippen LogP) is 2.98. The SMILES string of the molecule is CCOC(=O)c1sc(N)c(C#N)c1COC(=O)Cc1cc(C)ccc1OC. The van der Waals surface area contributed by atoms with Gasteiger partial charge in [-0.2, -0.15) is 5.26 Å². The van der Waals surface area contributed by atoms with Crippen molar-refractivity contribution in [2.45, 2.75) is 26.9 Å². The Morgan fingerprint density at radius 3 is 2.67 bits per heavy atom. The number of carbonyl (C=O) groups is 2. The lowest BCUT2D eigenvalue weighted by Crippen LogP contribution is -2.12. The molecule has 0 saturated heterocycles. The molecule has 0 aliphatic heterocycles. The average Bonchev–Trinajstić information content (AvgIpc) is 2.96. The van der Waals surface area contributed by atoms with Gasteiger partial charge in [-0.3, -0.25) is 4.79 Å². The molecular weight excluding hydrogens is 368 g/mol. The van der Waals surface area contributed by atoms with Gasteiger partial charge in [-0.1, -0.05) is 17.7 Å². The zero-order valence-electron chi connectivity index (χ0n) is 15.3. The molecule has 8 heteroatoms. The van der Waals surface area contributed by atoms with Crippen molar-refractivity contribution in [3.05, 3.63) is 45.3 Å². The van der Waals surface area contributed by atoms with Crippen LogP contribution in [0.3, 0.4) is 0 Å². The van der Waals surface area contributed by atoms with E-state index in [1.54, 1.807) is 13.0 Å². The fourth-order valence-corrected chi connectivity index (χ4v) is 3.43. The fourth-order valence-electron chi connectivity index (χ4n) is 2.51. The topological polar surface area (TPSA) is 112 Å². The van der Waals surface area contributed by atoms with Crippen molar-refractivity contribution in [2.24, 2.45) is 0 Å². The number of carbonyl (C=O) groups excluding carboxylic acids is 2. The minimum Gasteiger partial charge on any atom is -0.496 e. The Bertz CT molecular complexity index is 898. The number of nitrogens with zero attached hydrogens (tertiary/aromatic N) is 1. The highest BCUT2D eigenvalue weighted by molar-refractivity contribution is 7.18. The predicted molar refractivity (Wildman–Crippen MR) is 101 cm³/mol. The Labute approximate surface area is 161 Å². The number of hydrogen-bond acceptors (Lipinski definition) is 8. The van der Waals surface area contributed by atoms with Gasteiger partial charge < -0.3 is 19.9 Å². The second kappa shape index (κ2) is 9.05. The van der Waals surface area contributed by atoms with Crippen molar-refractivity contribution in [2.75, 3.05) is 19.5 Å². The monoisotopic (exact) mass is 388 g/mol. The Hall–Kier alpha value is -3.05. The van der Waals surface area contributed by atoms with Gasteiger partial charge >= 0.3 is 11.9 Å². The largest absolute Gasteiger partial charge is 0.496 e. The van der Waals surface area contributed by atoms with Crippen LogP contribution in [0.15, 0.2) is 18.2 Å². The van der Waals surface area contributed by atoms with Gasteiger partial charge in [-0.15, -0.1) is 11.3 Å². The number of nitrogen functional groups attached to an aromatic ring is 1. The van der Waals surface area contributed by atoms with Crippen LogP contribution in [0.2, 0.25) is 0 Å². The number of benzene rings is 1. The number of anilines is 1. The summed E-state index contributed by atoms with van der Waals surface area (Å²) in [7, 11) is 1.53. The summed E-state index contributed by atoms with van der Waals surface area (Å²) >= 11 is 0.947. The summed E-state index contributed by atoms with van der Waals surface area (Å²) < 4.78 is 15.5. The number of ether oxygens (including phenoxy) is 3. The molecule has 2 rings (SSSR count). The molecule has 0 atom stereocenters. The zero-order valence-corrected chi connectivity index (χ0v) is 16.1. The Balaban J connectivity index is 2.17. The molecule has 2 aromatic rings. The Morgan fingerprint density at radius 2 is 2.04 bits per heavy atom. The van der Waals surface area contributed by atoms with Crippen LogP contribution in [0.4, 0.5) is 5.00 Å². The normalized spacial score (nSPS) is 10.1. The van der Waals surface area contributed by atoms with Crippen molar-refractivity contribution in [3.63, 3.8) is 0 Å². The van der Waals surface area contributed by atoms with Crippen LogP contribution >= 0.6 is 11.3 Å². The molecular formula is C19H20N2O5S. The van der Waals surface area contributed by atoms with E-state index in [4.69, 9.17) is 19.9 Å². The molecule has 0 saturated carbocycles. The molecule has 142 valence electrons. The molecule has 0 fully saturated rings. The highest BCUT2D eigenvalue weighted by Crippen LogP contribution is 2.32. The second-order valence-electron chi connectivity index (χ2n) is 5.63. The van der Waals surface area contributed by atoms with Crippen LogP contribution in [0.1, 0.15) is 38.8 Å². The van der Waals surface area contributed by atoms with E-state index in [9.17, 15) is 14.9 Å². The first-order chi connectivity index (χ1) is 12.9. The molecule has 7 nitrogen and oxygen atoms in total. The third kappa shape index (κ3) is 4.77. The first kappa shape index (κ1) is 20.3. The molecule has 0 radical (unpaired) electrons. The molecule has 2 N–H and O–H groups in total. The van der Waals surface area contributed by atoms with E-state index in [1.807, 2.05) is 25.1 Å². The molecule has 0 bridgehead atoms. The van der Waals surface area contributed by atoms with E-state index in [1.165, 1.54) is 7.11 Å². The first-order valence-electron chi connectivity index (χ1n) is 8.18. The maximum absolute atomic E-state index is 12.3. The number of nitrogens with two attached hydrogens (primary N) is 1. The van der Waals surface area contributed by atoms with Crippen LogP contribution in [-0.2, 0) is 27.3 Å². The van der Waals surface area contributed by atoms with E-state index in [0.717, 1.165) is 16.9 Å². The van der Waals surface area contributed by atoms with Crippen LogP contribution in [0.5, 0.6) is 5.75 Å². The van der Waals surface area contributed by atoms with Gasteiger partial charge in [-0.05, 0) is 19.9 Å². The Kier molecular flexibility index (Phi) is 6.79. The summed E-state index contributed by atoms with van der Waals surface area (Å²) in [6, 6.07) is 7.45. The number of thiophene rings is 1.